The minimum Gasteiger partial charge on any atom is -0.468 e. The summed E-state index contributed by atoms with van der Waals surface area (Å²) in [4.78, 5) is 25.7. The molecular formula is C25H32N2O5S. The highest BCUT2D eigenvalue weighted by molar-refractivity contribution is 7.89. The molecule has 4 rings (SSSR count). The highest BCUT2D eigenvalue weighted by Gasteiger charge is 2.37. The second-order valence-electron chi connectivity index (χ2n) is 9.88. The van der Waals surface area contributed by atoms with E-state index in [4.69, 9.17) is 4.74 Å². The molecule has 1 saturated heterocycles. The van der Waals surface area contributed by atoms with Crippen LogP contribution in [-0.4, -0.2) is 49.2 Å². The standard InChI is InChI=1S/C25H32N2O5S/c1-17-19(13-18-9-5-6-10-22(18)33(30,31)26-11-7-8-12-26)24-20(27(17)16-23(29)32-4)14-25(2,3)15-21(24)28/h5-6,9-10H,7-8,11-16H2,1-4H3. The molecule has 2 heterocycles. The van der Waals surface area contributed by atoms with Crippen LogP contribution in [0.4, 0.5) is 0 Å². The minimum atomic E-state index is -3.60. The lowest BCUT2D eigenvalue weighted by molar-refractivity contribution is -0.141. The maximum absolute atomic E-state index is 13.4. The predicted molar refractivity (Wildman–Crippen MR) is 125 cm³/mol. The number of methoxy groups -OCH3 is 1. The van der Waals surface area contributed by atoms with Crippen molar-refractivity contribution in [1.29, 1.82) is 0 Å². The van der Waals surface area contributed by atoms with Gasteiger partial charge in [-0.15, -0.1) is 0 Å². The summed E-state index contributed by atoms with van der Waals surface area (Å²) in [5, 5.41) is 0. The number of hydrogen-bond acceptors (Lipinski definition) is 5. The van der Waals surface area contributed by atoms with Crippen LogP contribution in [0.25, 0.3) is 0 Å². The Kier molecular flexibility index (Phi) is 6.26. The third-order valence-corrected chi connectivity index (χ3v) is 8.86. The van der Waals surface area contributed by atoms with Crippen LogP contribution in [0.5, 0.6) is 0 Å². The van der Waals surface area contributed by atoms with Crippen LogP contribution >= 0.6 is 0 Å². The first kappa shape index (κ1) is 23.7. The van der Waals surface area contributed by atoms with E-state index >= 15 is 0 Å². The minimum absolute atomic E-state index is 0.0295. The molecule has 33 heavy (non-hydrogen) atoms. The van der Waals surface area contributed by atoms with E-state index in [0.29, 0.717) is 48.4 Å². The van der Waals surface area contributed by atoms with Crippen molar-refractivity contribution in [3.8, 4) is 0 Å². The van der Waals surface area contributed by atoms with E-state index in [1.165, 1.54) is 7.11 Å². The fraction of sp³-hybridized carbons (Fsp3) is 0.520. The number of hydrogen-bond donors (Lipinski definition) is 0. The number of carbonyl (C=O) groups is 2. The lowest BCUT2D eigenvalue weighted by Crippen LogP contribution is -2.29. The quantitative estimate of drug-likeness (QED) is 0.601. The molecule has 0 saturated carbocycles. The maximum Gasteiger partial charge on any atom is 0.325 e. The van der Waals surface area contributed by atoms with Crippen LogP contribution in [-0.2, 0) is 38.9 Å². The van der Waals surface area contributed by atoms with Gasteiger partial charge in [-0.1, -0.05) is 32.0 Å². The number of carbonyl (C=O) groups excluding carboxylic acids is 2. The monoisotopic (exact) mass is 472 g/mol. The zero-order valence-corrected chi connectivity index (χ0v) is 20.6. The SMILES string of the molecule is COC(=O)Cn1c(C)c(Cc2ccccc2S(=O)(=O)N2CCCC2)c2c1CC(C)(C)CC2=O. The van der Waals surface area contributed by atoms with E-state index in [-0.39, 0.29) is 23.7 Å². The Balaban J connectivity index is 1.82. The third kappa shape index (κ3) is 4.38. The first-order chi connectivity index (χ1) is 15.5. The Morgan fingerprint density at radius 3 is 2.45 bits per heavy atom. The molecule has 0 unspecified atom stereocenters. The number of ketones is 1. The molecule has 2 aliphatic rings. The van der Waals surface area contributed by atoms with Crippen molar-refractivity contribution < 1.29 is 22.7 Å². The lowest BCUT2D eigenvalue weighted by Gasteiger charge is -2.30. The zero-order valence-electron chi connectivity index (χ0n) is 19.8. The Labute approximate surface area is 195 Å². The van der Waals surface area contributed by atoms with Gasteiger partial charge >= 0.3 is 5.97 Å². The highest BCUT2D eigenvalue weighted by atomic mass is 32.2. The summed E-state index contributed by atoms with van der Waals surface area (Å²) in [6.45, 7) is 7.10. The molecule has 1 fully saturated rings. The molecule has 2 aromatic rings. The molecule has 0 bridgehead atoms. The van der Waals surface area contributed by atoms with Gasteiger partial charge in [-0.3, -0.25) is 9.59 Å². The molecule has 1 aromatic carbocycles. The third-order valence-electron chi connectivity index (χ3n) is 6.86. The fourth-order valence-electron chi connectivity index (χ4n) is 5.19. The van der Waals surface area contributed by atoms with Crippen molar-refractivity contribution in [3.63, 3.8) is 0 Å². The van der Waals surface area contributed by atoms with Gasteiger partial charge in [0.25, 0.3) is 0 Å². The van der Waals surface area contributed by atoms with Crippen LogP contribution in [0.3, 0.4) is 0 Å². The summed E-state index contributed by atoms with van der Waals surface area (Å²) < 4.78 is 35.0. The van der Waals surface area contributed by atoms with Gasteiger partial charge in [0, 0.05) is 42.9 Å². The largest absolute Gasteiger partial charge is 0.468 e. The van der Waals surface area contributed by atoms with Gasteiger partial charge in [0.15, 0.2) is 5.78 Å². The first-order valence-electron chi connectivity index (χ1n) is 11.4. The van der Waals surface area contributed by atoms with Gasteiger partial charge in [-0.25, -0.2) is 8.42 Å². The van der Waals surface area contributed by atoms with Gasteiger partial charge in [-0.05, 0) is 48.8 Å². The molecule has 0 radical (unpaired) electrons. The average molecular weight is 473 g/mol. The number of aromatic nitrogens is 1. The number of esters is 1. The molecule has 178 valence electrons. The van der Waals surface area contributed by atoms with E-state index < -0.39 is 10.0 Å². The number of fused-ring (bicyclic) bond motifs is 1. The number of nitrogens with zero attached hydrogens (tertiary/aromatic N) is 2. The van der Waals surface area contributed by atoms with Crippen LogP contribution in [0.2, 0.25) is 0 Å². The zero-order chi connectivity index (χ0) is 24.0. The van der Waals surface area contributed by atoms with E-state index in [9.17, 15) is 18.0 Å². The van der Waals surface area contributed by atoms with Gasteiger partial charge < -0.3 is 9.30 Å². The van der Waals surface area contributed by atoms with Crippen LogP contribution in [0, 0.1) is 12.3 Å². The molecule has 7 nitrogen and oxygen atoms in total. The second-order valence-corrected chi connectivity index (χ2v) is 11.8. The fourth-order valence-corrected chi connectivity index (χ4v) is 6.93. The smallest absolute Gasteiger partial charge is 0.325 e. The van der Waals surface area contributed by atoms with Crippen molar-refractivity contribution in [3.05, 3.63) is 52.3 Å². The van der Waals surface area contributed by atoms with Crippen molar-refractivity contribution in [2.45, 2.75) is 64.3 Å². The normalized spacial score (nSPS) is 18.4. The summed E-state index contributed by atoms with van der Waals surface area (Å²) in [6, 6.07) is 7.05. The lowest BCUT2D eigenvalue weighted by atomic mass is 9.75. The summed E-state index contributed by atoms with van der Waals surface area (Å²) >= 11 is 0. The van der Waals surface area contributed by atoms with Crippen molar-refractivity contribution in [2.75, 3.05) is 20.2 Å². The molecular weight excluding hydrogens is 440 g/mol. The van der Waals surface area contributed by atoms with Crippen molar-refractivity contribution in [2.24, 2.45) is 5.41 Å². The van der Waals surface area contributed by atoms with Crippen LogP contribution in [0.15, 0.2) is 29.2 Å². The predicted octanol–water partition coefficient (Wildman–Crippen LogP) is 3.50. The van der Waals surface area contributed by atoms with E-state index in [2.05, 4.69) is 13.8 Å². The molecule has 0 spiro atoms. The highest BCUT2D eigenvalue weighted by Crippen LogP contribution is 2.40. The Hall–Kier alpha value is -2.45. The summed E-state index contributed by atoms with van der Waals surface area (Å²) in [7, 11) is -2.25. The number of sulfonamides is 1. The van der Waals surface area contributed by atoms with Crippen molar-refractivity contribution >= 4 is 21.8 Å². The first-order valence-corrected chi connectivity index (χ1v) is 12.9. The average Bonchev–Trinajstić information content (AvgIpc) is 3.37. The van der Waals surface area contributed by atoms with Gasteiger partial charge in [0.1, 0.15) is 6.54 Å². The Morgan fingerprint density at radius 1 is 1.12 bits per heavy atom. The number of Topliss-reactive ketones (excluding diaryl/α,β-unsaturated/α-hetero) is 1. The molecule has 1 aliphatic carbocycles. The summed E-state index contributed by atoms with van der Waals surface area (Å²) in [5.41, 5.74) is 3.56. The van der Waals surface area contributed by atoms with E-state index in [1.54, 1.807) is 16.4 Å². The summed E-state index contributed by atoms with van der Waals surface area (Å²) in [6.07, 6.45) is 3.14. The van der Waals surface area contributed by atoms with Gasteiger partial charge in [-0.2, -0.15) is 4.31 Å². The molecule has 0 N–H and O–H groups in total. The Bertz CT molecular complexity index is 1200. The Morgan fingerprint density at radius 2 is 1.79 bits per heavy atom. The topological polar surface area (TPSA) is 85.7 Å². The van der Waals surface area contributed by atoms with Crippen LogP contribution in [0.1, 0.15) is 66.0 Å². The van der Waals surface area contributed by atoms with Gasteiger partial charge in [0.2, 0.25) is 10.0 Å². The molecule has 8 heteroatoms. The van der Waals surface area contributed by atoms with E-state index in [0.717, 1.165) is 29.8 Å². The number of rotatable bonds is 6. The molecule has 0 amide bonds. The molecule has 1 aromatic heterocycles. The van der Waals surface area contributed by atoms with Gasteiger partial charge in [0.05, 0.1) is 12.0 Å². The van der Waals surface area contributed by atoms with Crippen LogP contribution < -0.4 is 0 Å². The van der Waals surface area contributed by atoms with Crippen molar-refractivity contribution in [1.82, 2.24) is 8.87 Å². The summed E-state index contributed by atoms with van der Waals surface area (Å²) in [5.74, 6) is -0.335. The maximum atomic E-state index is 13.4. The molecule has 1 aliphatic heterocycles. The second kappa shape index (κ2) is 8.72. The number of benzene rings is 1. The molecule has 0 atom stereocenters. The van der Waals surface area contributed by atoms with E-state index in [1.807, 2.05) is 23.6 Å². The number of ether oxygens (including phenoxy) is 1.